The molecule has 0 atom stereocenters. The lowest BCUT2D eigenvalue weighted by Gasteiger charge is -2.10. The molecule has 5 nitrogen and oxygen atoms in total. The second kappa shape index (κ2) is 5.93. The zero-order chi connectivity index (χ0) is 15.6. The number of aromatic carboxylic acids is 1. The average Bonchev–Trinajstić information content (AvgIpc) is 2.41. The van der Waals surface area contributed by atoms with Gasteiger partial charge >= 0.3 is 5.97 Å². The number of carboxylic acids is 1. The lowest BCUT2D eigenvalue weighted by atomic mass is 10.2. The Morgan fingerprint density at radius 2 is 1.71 bits per heavy atom. The molecule has 110 valence electrons. The van der Waals surface area contributed by atoms with Gasteiger partial charge in [-0.1, -0.05) is 35.3 Å². The number of nitrogens with one attached hydrogen (secondary N) is 1. The molecule has 0 aliphatic rings. The van der Waals surface area contributed by atoms with E-state index in [9.17, 15) is 13.2 Å². The Morgan fingerprint density at radius 3 is 2.33 bits per heavy atom. The molecule has 2 aromatic carbocycles. The first kappa shape index (κ1) is 15.6. The molecule has 0 radical (unpaired) electrons. The highest BCUT2D eigenvalue weighted by atomic mass is 35.5. The van der Waals surface area contributed by atoms with E-state index in [-0.39, 0.29) is 26.2 Å². The molecular weight excluding hydrogens is 337 g/mol. The minimum Gasteiger partial charge on any atom is -0.478 e. The summed E-state index contributed by atoms with van der Waals surface area (Å²) in [6.45, 7) is 0. The van der Waals surface area contributed by atoms with E-state index in [1.165, 1.54) is 24.3 Å². The number of benzene rings is 2. The van der Waals surface area contributed by atoms with Crippen LogP contribution in [-0.4, -0.2) is 19.5 Å². The maximum absolute atomic E-state index is 12.2. The number of anilines is 1. The van der Waals surface area contributed by atoms with Crippen molar-refractivity contribution in [2.45, 2.75) is 4.90 Å². The van der Waals surface area contributed by atoms with Crippen molar-refractivity contribution in [2.24, 2.45) is 0 Å². The summed E-state index contributed by atoms with van der Waals surface area (Å²) in [5.74, 6) is -1.31. The van der Waals surface area contributed by atoms with Crippen molar-refractivity contribution in [3.8, 4) is 0 Å². The Morgan fingerprint density at radius 1 is 1.05 bits per heavy atom. The molecule has 0 saturated carbocycles. The van der Waals surface area contributed by atoms with Gasteiger partial charge in [0.1, 0.15) is 0 Å². The molecule has 2 aromatic rings. The van der Waals surface area contributed by atoms with Crippen LogP contribution in [0.5, 0.6) is 0 Å². The Bertz CT molecular complexity index is 806. The highest BCUT2D eigenvalue weighted by Crippen LogP contribution is 2.26. The van der Waals surface area contributed by atoms with Gasteiger partial charge in [-0.15, -0.1) is 0 Å². The van der Waals surface area contributed by atoms with Crippen LogP contribution < -0.4 is 4.72 Å². The minimum absolute atomic E-state index is 0.0424. The van der Waals surface area contributed by atoms with Crippen LogP contribution >= 0.6 is 23.2 Å². The van der Waals surface area contributed by atoms with Crippen LogP contribution in [0.4, 0.5) is 5.69 Å². The van der Waals surface area contributed by atoms with Crippen LogP contribution in [0.1, 0.15) is 10.4 Å². The predicted octanol–water partition coefficient (Wildman–Crippen LogP) is 3.49. The molecule has 0 heterocycles. The Balaban J connectivity index is 2.43. The van der Waals surface area contributed by atoms with Crippen LogP contribution in [0.15, 0.2) is 47.4 Å². The van der Waals surface area contributed by atoms with Gasteiger partial charge in [0.2, 0.25) is 0 Å². The normalized spacial score (nSPS) is 11.1. The third kappa shape index (κ3) is 3.47. The second-order valence-corrected chi connectivity index (χ2v) is 6.53. The quantitative estimate of drug-likeness (QED) is 0.888. The van der Waals surface area contributed by atoms with Gasteiger partial charge in [0.15, 0.2) is 0 Å². The van der Waals surface area contributed by atoms with Crippen LogP contribution in [0.3, 0.4) is 0 Å². The van der Waals surface area contributed by atoms with Gasteiger partial charge in [-0.3, -0.25) is 4.72 Å². The predicted molar refractivity (Wildman–Crippen MR) is 80.7 cm³/mol. The molecular formula is C13H9Cl2NO4S. The van der Waals surface area contributed by atoms with Crippen molar-refractivity contribution in [1.82, 2.24) is 0 Å². The molecule has 0 saturated heterocycles. The Labute approximate surface area is 131 Å². The lowest BCUT2D eigenvalue weighted by molar-refractivity contribution is 0.0697. The number of hydrogen-bond acceptors (Lipinski definition) is 3. The fourth-order valence-corrected chi connectivity index (χ4v) is 3.13. The van der Waals surface area contributed by atoms with Crippen molar-refractivity contribution in [2.75, 3.05) is 4.72 Å². The van der Waals surface area contributed by atoms with Gasteiger partial charge in [-0.05, 0) is 30.3 Å². The van der Waals surface area contributed by atoms with E-state index in [2.05, 4.69) is 4.72 Å². The van der Waals surface area contributed by atoms with Crippen molar-refractivity contribution in [3.63, 3.8) is 0 Å². The number of para-hydroxylation sites is 1. The monoisotopic (exact) mass is 345 g/mol. The maximum atomic E-state index is 12.2. The smallest absolute Gasteiger partial charge is 0.337 e. The first-order valence-electron chi connectivity index (χ1n) is 5.61. The Kier molecular flexibility index (Phi) is 4.41. The van der Waals surface area contributed by atoms with E-state index in [1.54, 1.807) is 12.1 Å². The van der Waals surface area contributed by atoms with Gasteiger partial charge in [0.25, 0.3) is 10.0 Å². The maximum Gasteiger partial charge on any atom is 0.337 e. The SMILES string of the molecule is O=C(O)c1cc(S(=O)(=O)Nc2ccccc2Cl)ccc1Cl. The minimum atomic E-state index is -3.97. The fourth-order valence-electron chi connectivity index (χ4n) is 1.58. The molecule has 0 fully saturated rings. The van der Waals surface area contributed by atoms with E-state index in [0.717, 1.165) is 6.07 Å². The molecule has 0 aromatic heterocycles. The summed E-state index contributed by atoms with van der Waals surface area (Å²) >= 11 is 11.6. The average molecular weight is 346 g/mol. The summed E-state index contributed by atoms with van der Waals surface area (Å²) < 4.78 is 26.8. The van der Waals surface area contributed by atoms with Crippen molar-refractivity contribution >= 4 is 44.9 Å². The first-order chi connectivity index (χ1) is 9.81. The van der Waals surface area contributed by atoms with Crippen LogP contribution in [0.25, 0.3) is 0 Å². The summed E-state index contributed by atoms with van der Waals surface area (Å²) in [5, 5.41) is 9.16. The fraction of sp³-hybridized carbons (Fsp3) is 0. The van der Waals surface area contributed by atoms with Gasteiger partial charge < -0.3 is 5.11 Å². The summed E-state index contributed by atoms with van der Waals surface area (Å²) in [5.41, 5.74) is -0.0929. The van der Waals surface area contributed by atoms with E-state index in [1.807, 2.05) is 0 Å². The standard InChI is InChI=1S/C13H9Cl2NO4S/c14-10-6-5-8(7-9(10)13(17)18)21(19,20)16-12-4-2-1-3-11(12)15/h1-7,16H,(H,17,18). The molecule has 0 aliphatic carbocycles. The third-order valence-corrected chi connectivity index (χ3v) is 4.62. The molecule has 0 aliphatic heterocycles. The van der Waals surface area contributed by atoms with Crippen molar-refractivity contribution < 1.29 is 18.3 Å². The van der Waals surface area contributed by atoms with E-state index >= 15 is 0 Å². The van der Waals surface area contributed by atoms with Crippen molar-refractivity contribution in [1.29, 1.82) is 0 Å². The molecule has 8 heteroatoms. The van der Waals surface area contributed by atoms with Gasteiger partial charge in [-0.25, -0.2) is 13.2 Å². The first-order valence-corrected chi connectivity index (χ1v) is 7.85. The zero-order valence-corrected chi connectivity index (χ0v) is 12.7. The number of sulfonamides is 1. The molecule has 0 bridgehead atoms. The molecule has 21 heavy (non-hydrogen) atoms. The highest BCUT2D eigenvalue weighted by molar-refractivity contribution is 7.92. The second-order valence-electron chi connectivity index (χ2n) is 4.03. The molecule has 0 spiro atoms. The molecule has 2 N–H and O–H groups in total. The van der Waals surface area contributed by atoms with Gasteiger partial charge in [0, 0.05) is 0 Å². The third-order valence-electron chi connectivity index (χ3n) is 2.60. The summed E-state index contributed by atoms with van der Waals surface area (Å²) in [6, 6.07) is 9.72. The number of hydrogen-bond donors (Lipinski definition) is 2. The topological polar surface area (TPSA) is 83.5 Å². The molecule has 0 amide bonds. The summed E-state index contributed by atoms with van der Waals surface area (Å²) in [7, 11) is -3.97. The van der Waals surface area contributed by atoms with Crippen LogP contribution in [-0.2, 0) is 10.0 Å². The van der Waals surface area contributed by atoms with E-state index in [0.29, 0.717) is 0 Å². The van der Waals surface area contributed by atoms with Crippen molar-refractivity contribution in [3.05, 3.63) is 58.1 Å². The largest absolute Gasteiger partial charge is 0.478 e. The summed E-state index contributed by atoms with van der Waals surface area (Å²) in [4.78, 5) is 10.8. The van der Waals surface area contributed by atoms with E-state index < -0.39 is 16.0 Å². The number of carbonyl (C=O) groups is 1. The number of carboxylic acid groups (broad SMARTS) is 1. The highest BCUT2D eigenvalue weighted by Gasteiger charge is 2.19. The van der Waals surface area contributed by atoms with Crippen LogP contribution in [0, 0.1) is 0 Å². The lowest BCUT2D eigenvalue weighted by Crippen LogP contribution is -2.14. The summed E-state index contributed by atoms with van der Waals surface area (Å²) in [6.07, 6.45) is 0. The number of rotatable bonds is 4. The van der Waals surface area contributed by atoms with Crippen LogP contribution in [0.2, 0.25) is 10.0 Å². The zero-order valence-electron chi connectivity index (χ0n) is 10.4. The molecule has 0 unspecified atom stereocenters. The van der Waals surface area contributed by atoms with E-state index in [4.69, 9.17) is 28.3 Å². The molecule has 2 rings (SSSR count). The van der Waals surface area contributed by atoms with Gasteiger partial charge in [-0.2, -0.15) is 0 Å². The van der Waals surface area contributed by atoms with Gasteiger partial charge in [0.05, 0.1) is 26.2 Å². The number of halogens is 2. The Hall–Kier alpha value is -1.76.